The van der Waals surface area contributed by atoms with E-state index in [-0.39, 0.29) is 38.3 Å². The molecule has 2 aromatic carbocycles. The van der Waals surface area contributed by atoms with Crippen molar-refractivity contribution in [2.75, 3.05) is 6.67 Å². The summed E-state index contributed by atoms with van der Waals surface area (Å²) >= 11 is 9.33. The number of carbonyl (C=O) groups excluding carboxylic acids is 1. The number of nitrogens with zero attached hydrogens (tertiary/aromatic N) is 3. The molecular formula is C18H12BrClF2N4O. The molecule has 5 nitrogen and oxygen atoms in total. The van der Waals surface area contributed by atoms with E-state index in [4.69, 9.17) is 17.0 Å². The van der Waals surface area contributed by atoms with Crippen LogP contribution >= 0.6 is 27.5 Å². The summed E-state index contributed by atoms with van der Waals surface area (Å²) in [7, 11) is 1.55. The fourth-order valence-electron chi connectivity index (χ4n) is 3.02. The molecule has 138 valence electrons. The maximum Gasteiger partial charge on any atom is 0.202 e. The molecule has 0 saturated heterocycles. The van der Waals surface area contributed by atoms with Crippen LogP contribution in [0.3, 0.4) is 0 Å². The highest BCUT2D eigenvalue weighted by molar-refractivity contribution is 9.10. The summed E-state index contributed by atoms with van der Waals surface area (Å²) < 4.78 is 29.6. The van der Waals surface area contributed by atoms with Crippen LogP contribution in [-0.4, -0.2) is 21.6 Å². The zero-order chi connectivity index (χ0) is 19.9. The standard InChI is InChI=1S/C18H12BrClF2N4O/c1-25-16-11(8-23)15(17(27)10-6-9(22)2-3-13(10)20)12(19)7-14(16)26(5-4-21)18(25)24/h2-3,6-7,24H,4-5H2,1H3. The number of nitriles is 1. The maximum absolute atomic E-state index is 13.6. The Morgan fingerprint density at radius 2 is 2.11 bits per heavy atom. The third-order valence-corrected chi connectivity index (χ3v) is 5.21. The zero-order valence-electron chi connectivity index (χ0n) is 14.0. The van der Waals surface area contributed by atoms with Gasteiger partial charge in [-0.3, -0.25) is 10.2 Å². The number of fused-ring (bicyclic) bond motifs is 1. The number of carbonyl (C=O) groups is 1. The number of aromatic nitrogens is 2. The van der Waals surface area contributed by atoms with Crippen molar-refractivity contribution in [2.24, 2.45) is 7.05 Å². The molecule has 9 heteroatoms. The summed E-state index contributed by atoms with van der Waals surface area (Å²) in [5, 5.41) is 17.9. The number of alkyl halides is 1. The number of imidazole rings is 1. The molecule has 0 aliphatic carbocycles. The van der Waals surface area contributed by atoms with Gasteiger partial charge in [-0.25, -0.2) is 8.78 Å². The molecule has 0 saturated carbocycles. The van der Waals surface area contributed by atoms with Crippen molar-refractivity contribution in [2.45, 2.75) is 6.54 Å². The normalized spacial score (nSPS) is 11.0. The van der Waals surface area contributed by atoms with Gasteiger partial charge in [-0.2, -0.15) is 5.26 Å². The van der Waals surface area contributed by atoms with Crippen molar-refractivity contribution in [3.05, 3.63) is 61.9 Å². The number of halogens is 4. The monoisotopic (exact) mass is 452 g/mol. The number of nitrogens with one attached hydrogen (secondary N) is 1. The minimum Gasteiger partial charge on any atom is -0.312 e. The van der Waals surface area contributed by atoms with Crippen LogP contribution < -0.4 is 5.62 Å². The van der Waals surface area contributed by atoms with Crippen LogP contribution in [0, 0.1) is 22.6 Å². The van der Waals surface area contributed by atoms with Gasteiger partial charge in [0, 0.05) is 17.1 Å². The second-order valence-corrected chi connectivity index (χ2v) is 7.03. The van der Waals surface area contributed by atoms with E-state index in [1.165, 1.54) is 15.2 Å². The predicted molar refractivity (Wildman–Crippen MR) is 100.0 cm³/mol. The fourth-order valence-corrected chi connectivity index (χ4v) is 3.82. The predicted octanol–water partition coefficient (Wildman–Crippen LogP) is 4.09. The first-order chi connectivity index (χ1) is 12.8. The molecule has 0 fully saturated rings. The molecule has 3 rings (SSSR count). The highest BCUT2D eigenvalue weighted by atomic mass is 79.9. The van der Waals surface area contributed by atoms with Gasteiger partial charge in [0.1, 0.15) is 18.6 Å². The van der Waals surface area contributed by atoms with Crippen LogP contribution in [0.4, 0.5) is 8.78 Å². The zero-order valence-corrected chi connectivity index (χ0v) is 16.3. The summed E-state index contributed by atoms with van der Waals surface area (Å²) in [6.07, 6.45) is 0. The van der Waals surface area contributed by atoms with Crippen LogP contribution in [0.25, 0.3) is 11.0 Å². The third-order valence-electron chi connectivity index (χ3n) is 4.25. The number of hydrogen-bond acceptors (Lipinski definition) is 3. The smallest absolute Gasteiger partial charge is 0.202 e. The molecular weight excluding hydrogens is 442 g/mol. The van der Waals surface area contributed by atoms with Crippen LogP contribution in [0.5, 0.6) is 0 Å². The lowest BCUT2D eigenvalue weighted by Crippen LogP contribution is -2.23. The summed E-state index contributed by atoms with van der Waals surface area (Å²) in [6.45, 7) is -0.745. The molecule has 0 spiro atoms. The lowest BCUT2D eigenvalue weighted by Gasteiger charge is -2.10. The molecule has 0 aliphatic heterocycles. The Morgan fingerprint density at radius 3 is 2.74 bits per heavy atom. The lowest BCUT2D eigenvalue weighted by molar-refractivity contribution is 0.103. The first kappa shape index (κ1) is 19.3. The van der Waals surface area contributed by atoms with Crippen molar-refractivity contribution < 1.29 is 13.6 Å². The minimum atomic E-state index is -0.686. The summed E-state index contributed by atoms with van der Waals surface area (Å²) in [5.41, 5.74) is 0.661. The van der Waals surface area contributed by atoms with E-state index >= 15 is 0 Å². The summed E-state index contributed by atoms with van der Waals surface area (Å²) in [6, 6.07) is 6.94. The van der Waals surface area contributed by atoms with E-state index < -0.39 is 18.3 Å². The summed E-state index contributed by atoms with van der Waals surface area (Å²) in [5.74, 6) is -1.26. The average molecular weight is 454 g/mol. The van der Waals surface area contributed by atoms with E-state index in [1.54, 1.807) is 13.1 Å². The number of rotatable bonds is 4. The topological polar surface area (TPSA) is 74.6 Å². The van der Waals surface area contributed by atoms with Crippen LogP contribution in [-0.2, 0) is 13.6 Å². The number of aryl methyl sites for hydroxylation is 2. The largest absolute Gasteiger partial charge is 0.312 e. The van der Waals surface area contributed by atoms with Crippen molar-refractivity contribution in [1.29, 1.82) is 10.7 Å². The molecule has 0 atom stereocenters. The minimum absolute atomic E-state index is 0.00156. The number of hydrogen-bond donors (Lipinski definition) is 1. The van der Waals surface area contributed by atoms with Crippen LogP contribution in [0.1, 0.15) is 21.5 Å². The SMILES string of the molecule is Cn1c(=N)n(CCF)c2cc(Br)c(C(=O)c3cc(F)ccc3Cl)c(C#N)c21. The molecule has 3 aromatic rings. The van der Waals surface area contributed by atoms with Gasteiger partial charge < -0.3 is 9.13 Å². The third kappa shape index (κ3) is 3.07. The number of ketones is 1. The molecule has 0 radical (unpaired) electrons. The van der Waals surface area contributed by atoms with E-state index in [1.807, 2.05) is 6.07 Å². The Bertz CT molecular complexity index is 1190. The van der Waals surface area contributed by atoms with E-state index in [9.17, 15) is 18.8 Å². The lowest BCUT2D eigenvalue weighted by atomic mass is 9.97. The summed E-state index contributed by atoms with van der Waals surface area (Å²) in [4.78, 5) is 13.0. The van der Waals surface area contributed by atoms with Gasteiger partial charge in [-0.1, -0.05) is 11.6 Å². The molecule has 1 heterocycles. The van der Waals surface area contributed by atoms with Gasteiger partial charge in [0.15, 0.2) is 5.78 Å². The Labute approximate surface area is 166 Å². The molecule has 0 unspecified atom stereocenters. The van der Waals surface area contributed by atoms with Crippen molar-refractivity contribution in [3.8, 4) is 6.07 Å². The van der Waals surface area contributed by atoms with Crippen LogP contribution in [0.15, 0.2) is 28.7 Å². The molecule has 0 amide bonds. The Kier molecular flexibility index (Phi) is 5.18. The van der Waals surface area contributed by atoms with Crippen molar-refractivity contribution in [3.63, 3.8) is 0 Å². The Morgan fingerprint density at radius 1 is 1.41 bits per heavy atom. The highest BCUT2D eigenvalue weighted by Gasteiger charge is 2.25. The van der Waals surface area contributed by atoms with Gasteiger partial charge in [-0.15, -0.1) is 0 Å². The quantitative estimate of drug-likeness (QED) is 0.604. The van der Waals surface area contributed by atoms with Gasteiger partial charge in [-0.05, 0) is 40.2 Å². The highest BCUT2D eigenvalue weighted by Crippen LogP contribution is 2.32. The maximum atomic E-state index is 13.6. The van der Waals surface area contributed by atoms with Gasteiger partial charge in [0.05, 0.1) is 33.7 Å². The molecule has 1 aromatic heterocycles. The average Bonchev–Trinajstić information content (AvgIpc) is 2.87. The second-order valence-electron chi connectivity index (χ2n) is 5.76. The molecule has 27 heavy (non-hydrogen) atoms. The Balaban J connectivity index is 2.38. The second kappa shape index (κ2) is 7.25. The molecule has 0 bridgehead atoms. The first-order valence-corrected chi connectivity index (χ1v) is 8.91. The Hall–Kier alpha value is -2.50. The van der Waals surface area contributed by atoms with Gasteiger partial charge in [0.25, 0.3) is 0 Å². The van der Waals surface area contributed by atoms with E-state index in [0.29, 0.717) is 11.0 Å². The van der Waals surface area contributed by atoms with Gasteiger partial charge in [0.2, 0.25) is 5.62 Å². The fraction of sp³-hybridized carbons (Fsp3) is 0.167. The molecule has 0 aliphatic rings. The van der Waals surface area contributed by atoms with Crippen LogP contribution in [0.2, 0.25) is 5.02 Å². The van der Waals surface area contributed by atoms with E-state index in [0.717, 1.165) is 12.1 Å². The van der Waals surface area contributed by atoms with Gasteiger partial charge >= 0.3 is 0 Å². The molecule has 1 N–H and O–H groups in total. The van der Waals surface area contributed by atoms with E-state index in [2.05, 4.69) is 15.9 Å². The number of benzene rings is 2. The van der Waals surface area contributed by atoms with Crippen molar-refractivity contribution >= 4 is 44.3 Å². The first-order valence-electron chi connectivity index (χ1n) is 7.74. The van der Waals surface area contributed by atoms with Crippen molar-refractivity contribution in [1.82, 2.24) is 9.13 Å².